The predicted octanol–water partition coefficient (Wildman–Crippen LogP) is 1.11. The molecule has 0 fully saturated rings. The van der Waals surface area contributed by atoms with Gasteiger partial charge in [0.1, 0.15) is 12.7 Å². The van der Waals surface area contributed by atoms with Gasteiger partial charge in [0.05, 0.1) is 0 Å². The molecule has 0 atom stereocenters. The van der Waals surface area contributed by atoms with Crippen LogP contribution >= 0.6 is 0 Å². The second kappa shape index (κ2) is 6.63. The van der Waals surface area contributed by atoms with E-state index in [2.05, 4.69) is 15.1 Å². The molecular weight excluding hydrogens is 242 g/mol. The fourth-order valence-corrected chi connectivity index (χ4v) is 1.78. The highest BCUT2D eigenvalue weighted by Crippen LogP contribution is 2.04. The van der Waals surface area contributed by atoms with Gasteiger partial charge in [-0.05, 0) is 24.1 Å². The molecule has 1 amide bonds. The zero-order valence-corrected chi connectivity index (χ0v) is 10.9. The quantitative estimate of drug-likeness (QED) is 0.779. The van der Waals surface area contributed by atoms with Crippen LogP contribution in [-0.4, -0.2) is 37.6 Å². The normalized spacial score (nSPS) is 10.4. The number of carbonyl (C=O) groups excluding carboxylic acids is 1. The minimum Gasteiger partial charge on any atom is -0.341 e. The van der Waals surface area contributed by atoms with Crippen molar-refractivity contribution in [1.29, 1.82) is 0 Å². The molecule has 6 heteroatoms. The maximum absolute atomic E-state index is 11.9. The Labute approximate surface area is 112 Å². The Morgan fingerprint density at radius 2 is 2.11 bits per heavy atom. The van der Waals surface area contributed by atoms with Gasteiger partial charge < -0.3 is 4.90 Å². The third-order valence-corrected chi connectivity index (χ3v) is 2.84. The molecule has 0 N–H and O–H groups in total. The third kappa shape index (κ3) is 4.17. The highest BCUT2D eigenvalue weighted by atomic mass is 16.2. The molecule has 19 heavy (non-hydrogen) atoms. The largest absolute Gasteiger partial charge is 0.341 e. The van der Waals surface area contributed by atoms with Crippen molar-refractivity contribution in [3.63, 3.8) is 0 Å². The summed E-state index contributed by atoms with van der Waals surface area (Å²) >= 11 is 0. The second-order valence-corrected chi connectivity index (χ2v) is 4.37. The van der Waals surface area contributed by atoms with E-state index in [1.54, 1.807) is 28.3 Å². The Morgan fingerprint density at radius 3 is 2.79 bits per heavy atom. The van der Waals surface area contributed by atoms with Crippen molar-refractivity contribution in [3.8, 4) is 0 Å². The lowest BCUT2D eigenvalue weighted by Crippen LogP contribution is -2.26. The molecule has 0 spiro atoms. The summed E-state index contributed by atoms with van der Waals surface area (Å²) in [5.41, 5.74) is 1.09. The fraction of sp³-hybridized carbons (Fsp3) is 0.385. The monoisotopic (exact) mass is 259 g/mol. The molecular formula is C13H17N5O. The van der Waals surface area contributed by atoms with Gasteiger partial charge in [-0.15, -0.1) is 0 Å². The smallest absolute Gasteiger partial charge is 0.222 e. The molecule has 2 aromatic heterocycles. The number of hydrogen-bond acceptors (Lipinski definition) is 4. The topological polar surface area (TPSA) is 63.9 Å². The molecule has 2 rings (SSSR count). The summed E-state index contributed by atoms with van der Waals surface area (Å²) in [4.78, 5) is 21.5. The van der Waals surface area contributed by atoms with Crippen LogP contribution in [0.4, 0.5) is 0 Å². The van der Waals surface area contributed by atoms with Gasteiger partial charge in [0, 0.05) is 39.0 Å². The summed E-state index contributed by atoms with van der Waals surface area (Å²) in [6, 6.07) is 3.83. The molecule has 0 aromatic carbocycles. The highest BCUT2D eigenvalue weighted by molar-refractivity contribution is 5.75. The maximum Gasteiger partial charge on any atom is 0.222 e. The fourth-order valence-electron chi connectivity index (χ4n) is 1.78. The Bertz CT molecular complexity index is 497. The average Bonchev–Trinajstić information content (AvgIpc) is 2.93. The molecule has 0 saturated carbocycles. The van der Waals surface area contributed by atoms with Crippen LogP contribution in [0.25, 0.3) is 0 Å². The van der Waals surface area contributed by atoms with Gasteiger partial charge in [0.15, 0.2) is 0 Å². The number of hydrogen-bond donors (Lipinski definition) is 0. The van der Waals surface area contributed by atoms with Gasteiger partial charge in [-0.3, -0.25) is 14.5 Å². The number of nitrogens with zero attached hydrogens (tertiary/aromatic N) is 5. The molecule has 0 radical (unpaired) electrons. The minimum atomic E-state index is 0.136. The first kappa shape index (κ1) is 13.2. The predicted molar refractivity (Wildman–Crippen MR) is 70.0 cm³/mol. The third-order valence-electron chi connectivity index (χ3n) is 2.84. The van der Waals surface area contributed by atoms with Crippen LogP contribution in [0.2, 0.25) is 0 Å². The average molecular weight is 259 g/mol. The Balaban J connectivity index is 1.73. The van der Waals surface area contributed by atoms with Crippen LogP contribution in [-0.2, 0) is 17.9 Å². The first-order chi connectivity index (χ1) is 9.25. The molecule has 0 unspecified atom stereocenters. The lowest BCUT2D eigenvalue weighted by molar-refractivity contribution is -0.130. The Kier molecular flexibility index (Phi) is 4.60. The Morgan fingerprint density at radius 1 is 1.32 bits per heavy atom. The van der Waals surface area contributed by atoms with E-state index in [9.17, 15) is 4.79 Å². The molecule has 0 aliphatic carbocycles. The van der Waals surface area contributed by atoms with E-state index < -0.39 is 0 Å². The van der Waals surface area contributed by atoms with Crippen LogP contribution in [0.5, 0.6) is 0 Å². The number of aromatic nitrogens is 4. The van der Waals surface area contributed by atoms with Gasteiger partial charge in [-0.25, -0.2) is 4.98 Å². The minimum absolute atomic E-state index is 0.136. The van der Waals surface area contributed by atoms with E-state index in [-0.39, 0.29) is 5.91 Å². The molecule has 100 valence electrons. The number of rotatable bonds is 6. The van der Waals surface area contributed by atoms with E-state index in [1.165, 1.54) is 6.33 Å². The first-order valence-corrected chi connectivity index (χ1v) is 6.21. The zero-order chi connectivity index (χ0) is 13.5. The van der Waals surface area contributed by atoms with Crippen LogP contribution in [0.1, 0.15) is 18.4 Å². The van der Waals surface area contributed by atoms with Crippen molar-refractivity contribution in [1.82, 2.24) is 24.6 Å². The first-order valence-electron chi connectivity index (χ1n) is 6.21. The highest BCUT2D eigenvalue weighted by Gasteiger charge is 2.08. The summed E-state index contributed by atoms with van der Waals surface area (Å²) in [7, 11) is 1.82. The van der Waals surface area contributed by atoms with Gasteiger partial charge in [0.25, 0.3) is 0 Å². The van der Waals surface area contributed by atoms with Crippen LogP contribution in [0.15, 0.2) is 37.2 Å². The van der Waals surface area contributed by atoms with E-state index in [4.69, 9.17) is 0 Å². The van der Waals surface area contributed by atoms with Gasteiger partial charge >= 0.3 is 0 Å². The maximum atomic E-state index is 11.9. The van der Waals surface area contributed by atoms with Crippen molar-refractivity contribution in [2.45, 2.75) is 25.9 Å². The molecule has 0 aliphatic heterocycles. The lowest BCUT2D eigenvalue weighted by atomic mass is 10.2. The lowest BCUT2D eigenvalue weighted by Gasteiger charge is -2.17. The number of aryl methyl sites for hydroxylation is 1. The summed E-state index contributed by atoms with van der Waals surface area (Å²) in [6.07, 6.45) is 7.91. The molecule has 2 heterocycles. The van der Waals surface area contributed by atoms with Crippen LogP contribution in [0.3, 0.4) is 0 Å². The van der Waals surface area contributed by atoms with E-state index >= 15 is 0 Å². The van der Waals surface area contributed by atoms with E-state index in [0.29, 0.717) is 13.0 Å². The van der Waals surface area contributed by atoms with E-state index in [1.807, 2.05) is 19.2 Å². The summed E-state index contributed by atoms with van der Waals surface area (Å²) in [6.45, 7) is 1.33. The number of carbonyl (C=O) groups is 1. The SMILES string of the molecule is CN(Cc1ccncc1)C(=O)CCCn1cncn1. The number of pyridine rings is 1. The van der Waals surface area contributed by atoms with E-state index in [0.717, 1.165) is 18.5 Å². The van der Waals surface area contributed by atoms with Crippen molar-refractivity contribution >= 4 is 5.91 Å². The van der Waals surface area contributed by atoms with Crippen molar-refractivity contribution in [2.75, 3.05) is 7.05 Å². The molecule has 0 saturated heterocycles. The molecule has 2 aromatic rings. The summed E-state index contributed by atoms with van der Waals surface area (Å²) in [5, 5.41) is 4.00. The van der Waals surface area contributed by atoms with Crippen LogP contribution < -0.4 is 0 Å². The number of amides is 1. The summed E-state index contributed by atoms with van der Waals surface area (Å²) < 4.78 is 1.73. The van der Waals surface area contributed by atoms with Gasteiger partial charge in [0.2, 0.25) is 5.91 Å². The van der Waals surface area contributed by atoms with Crippen molar-refractivity contribution < 1.29 is 4.79 Å². The molecule has 0 aliphatic rings. The second-order valence-electron chi connectivity index (χ2n) is 4.37. The summed E-state index contributed by atoms with van der Waals surface area (Å²) in [5.74, 6) is 0.136. The van der Waals surface area contributed by atoms with Gasteiger partial charge in [-0.1, -0.05) is 0 Å². The standard InChI is InChI=1S/C13H17N5O/c1-17(9-12-4-6-14-7-5-12)13(19)3-2-8-18-11-15-10-16-18/h4-7,10-11H,2-3,8-9H2,1H3. The van der Waals surface area contributed by atoms with Crippen molar-refractivity contribution in [2.24, 2.45) is 0 Å². The molecule has 6 nitrogen and oxygen atoms in total. The molecule has 0 bridgehead atoms. The Hall–Kier alpha value is -2.24. The van der Waals surface area contributed by atoms with Crippen LogP contribution in [0, 0.1) is 0 Å². The van der Waals surface area contributed by atoms with Crippen molar-refractivity contribution in [3.05, 3.63) is 42.7 Å². The van der Waals surface area contributed by atoms with Gasteiger partial charge in [-0.2, -0.15) is 5.10 Å². The zero-order valence-electron chi connectivity index (χ0n) is 10.9.